The summed E-state index contributed by atoms with van der Waals surface area (Å²) in [7, 11) is 0. The fourth-order valence-corrected chi connectivity index (χ4v) is 3.66. The standard InChI is InChI=1S/C20H11NO3S/c21-11-13-9-12(5-7-16(13)22)17-8-6-14(24-17)10-19-20(23)15-3-1-2-4-18(15)25-19/h1-10,22H. The number of benzene rings is 2. The second kappa shape index (κ2) is 6.00. The first kappa shape index (κ1) is 15.3. The van der Waals surface area contributed by atoms with Crippen molar-refractivity contribution in [3.63, 3.8) is 0 Å². The van der Waals surface area contributed by atoms with Gasteiger partial charge in [-0.3, -0.25) is 4.79 Å². The average molecular weight is 345 g/mol. The van der Waals surface area contributed by atoms with Crippen LogP contribution >= 0.6 is 11.8 Å². The molecule has 0 atom stereocenters. The number of hydrogen-bond acceptors (Lipinski definition) is 5. The highest BCUT2D eigenvalue weighted by atomic mass is 32.2. The van der Waals surface area contributed by atoms with E-state index >= 15 is 0 Å². The first-order chi connectivity index (χ1) is 12.2. The molecule has 25 heavy (non-hydrogen) atoms. The van der Waals surface area contributed by atoms with E-state index in [9.17, 15) is 9.90 Å². The Morgan fingerprint density at radius 2 is 1.96 bits per heavy atom. The number of nitriles is 1. The Hall–Kier alpha value is -3.23. The van der Waals surface area contributed by atoms with Crippen molar-refractivity contribution < 1.29 is 14.3 Å². The van der Waals surface area contributed by atoms with Crippen molar-refractivity contribution in [1.29, 1.82) is 5.26 Å². The van der Waals surface area contributed by atoms with Crippen LogP contribution in [-0.2, 0) is 0 Å². The SMILES string of the molecule is N#Cc1cc(-c2ccc(C=C3Sc4ccccc4C3=O)o2)ccc1O. The van der Waals surface area contributed by atoms with Crippen molar-refractivity contribution in [3.05, 3.63) is 76.4 Å². The highest BCUT2D eigenvalue weighted by Gasteiger charge is 2.25. The molecule has 0 aliphatic carbocycles. The highest BCUT2D eigenvalue weighted by Crippen LogP contribution is 2.41. The number of carbonyl (C=O) groups excluding carboxylic acids is 1. The van der Waals surface area contributed by atoms with E-state index in [4.69, 9.17) is 9.68 Å². The van der Waals surface area contributed by atoms with E-state index in [-0.39, 0.29) is 17.1 Å². The van der Waals surface area contributed by atoms with Gasteiger partial charge in [0.05, 0.1) is 10.5 Å². The van der Waals surface area contributed by atoms with Gasteiger partial charge in [0, 0.05) is 16.0 Å². The lowest BCUT2D eigenvalue weighted by Crippen LogP contribution is -1.93. The Balaban J connectivity index is 1.65. The fraction of sp³-hybridized carbons (Fsp3) is 0. The molecule has 120 valence electrons. The number of thioether (sulfide) groups is 1. The van der Waals surface area contributed by atoms with Gasteiger partial charge >= 0.3 is 0 Å². The predicted octanol–water partition coefficient (Wildman–Crippen LogP) is 4.85. The van der Waals surface area contributed by atoms with E-state index in [0.29, 0.717) is 27.6 Å². The zero-order valence-electron chi connectivity index (χ0n) is 12.9. The molecule has 0 amide bonds. The van der Waals surface area contributed by atoms with E-state index in [2.05, 4.69) is 0 Å². The molecule has 1 aliphatic heterocycles. The molecule has 0 spiro atoms. The molecule has 0 saturated carbocycles. The first-order valence-corrected chi connectivity index (χ1v) is 8.34. The first-order valence-electron chi connectivity index (χ1n) is 7.52. The maximum atomic E-state index is 12.4. The van der Waals surface area contributed by atoms with E-state index in [1.165, 1.54) is 17.8 Å². The van der Waals surface area contributed by atoms with Gasteiger partial charge in [-0.2, -0.15) is 5.26 Å². The van der Waals surface area contributed by atoms with Crippen LogP contribution in [0.3, 0.4) is 0 Å². The van der Waals surface area contributed by atoms with Crippen molar-refractivity contribution in [2.45, 2.75) is 4.90 Å². The Labute approximate surface area is 148 Å². The molecule has 0 saturated heterocycles. The van der Waals surface area contributed by atoms with Gasteiger partial charge in [-0.25, -0.2) is 0 Å². The molecule has 0 unspecified atom stereocenters. The molecule has 1 N–H and O–H groups in total. The van der Waals surface area contributed by atoms with E-state index < -0.39 is 0 Å². The van der Waals surface area contributed by atoms with Crippen LogP contribution in [0.25, 0.3) is 17.4 Å². The number of carbonyl (C=O) groups is 1. The number of Topliss-reactive ketones (excluding diaryl/α,β-unsaturated/α-hetero) is 1. The van der Waals surface area contributed by atoms with Gasteiger partial charge in [0.15, 0.2) is 0 Å². The third kappa shape index (κ3) is 2.73. The number of rotatable bonds is 2. The van der Waals surface area contributed by atoms with Crippen LogP contribution in [0.1, 0.15) is 21.7 Å². The minimum absolute atomic E-state index is 0.00468. The normalized spacial score (nSPS) is 14.5. The maximum Gasteiger partial charge on any atom is 0.200 e. The average Bonchev–Trinajstić information content (AvgIpc) is 3.21. The van der Waals surface area contributed by atoms with Crippen LogP contribution in [-0.4, -0.2) is 10.9 Å². The van der Waals surface area contributed by atoms with Crippen LogP contribution in [0.4, 0.5) is 0 Å². The molecule has 2 heterocycles. The Kier molecular flexibility index (Phi) is 3.68. The summed E-state index contributed by atoms with van der Waals surface area (Å²) in [6.07, 6.45) is 1.72. The summed E-state index contributed by atoms with van der Waals surface area (Å²) in [4.78, 5) is 14.0. The monoisotopic (exact) mass is 345 g/mol. The molecule has 0 radical (unpaired) electrons. The second-order valence-corrected chi connectivity index (χ2v) is 6.57. The minimum Gasteiger partial charge on any atom is -0.507 e. The largest absolute Gasteiger partial charge is 0.507 e. The van der Waals surface area contributed by atoms with Crippen LogP contribution in [0, 0.1) is 11.3 Å². The van der Waals surface area contributed by atoms with Crippen molar-refractivity contribution in [2.24, 2.45) is 0 Å². The molecule has 2 aromatic carbocycles. The van der Waals surface area contributed by atoms with E-state index in [0.717, 1.165) is 4.90 Å². The summed E-state index contributed by atoms with van der Waals surface area (Å²) in [5, 5.41) is 18.6. The number of aromatic hydroxyl groups is 1. The number of fused-ring (bicyclic) bond motifs is 1. The summed E-state index contributed by atoms with van der Waals surface area (Å²) >= 11 is 1.43. The van der Waals surface area contributed by atoms with Gasteiger partial charge in [-0.05, 0) is 48.5 Å². The molecule has 0 fully saturated rings. The third-order valence-corrected chi connectivity index (χ3v) is 4.98. The molecule has 4 rings (SSSR count). The van der Waals surface area contributed by atoms with Crippen molar-refractivity contribution in [1.82, 2.24) is 0 Å². The summed E-state index contributed by atoms with van der Waals surface area (Å²) in [5.41, 5.74) is 1.58. The third-order valence-electron chi connectivity index (χ3n) is 3.88. The van der Waals surface area contributed by atoms with Gasteiger partial charge in [-0.15, -0.1) is 0 Å². The molecular formula is C20H11NO3S. The highest BCUT2D eigenvalue weighted by molar-refractivity contribution is 8.04. The number of hydrogen-bond donors (Lipinski definition) is 1. The lowest BCUT2D eigenvalue weighted by atomic mass is 10.1. The zero-order valence-corrected chi connectivity index (χ0v) is 13.7. The Bertz CT molecular complexity index is 1070. The molecule has 4 nitrogen and oxygen atoms in total. The lowest BCUT2D eigenvalue weighted by molar-refractivity contribution is 0.104. The molecule has 0 bridgehead atoms. The molecule has 5 heteroatoms. The Morgan fingerprint density at radius 1 is 1.12 bits per heavy atom. The van der Waals surface area contributed by atoms with Crippen LogP contribution < -0.4 is 0 Å². The topological polar surface area (TPSA) is 74.2 Å². The smallest absolute Gasteiger partial charge is 0.200 e. The number of allylic oxidation sites excluding steroid dienone is 1. The van der Waals surface area contributed by atoms with Crippen LogP contribution in [0.15, 0.2) is 68.8 Å². The molecule has 3 aromatic rings. The van der Waals surface area contributed by atoms with Crippen molar-refractivity contribution in [2.75, 3.05) is 0 Å². The summed E-state index contributed by atoms with van der Waals surface area (Å²) in [5.74, 6) is 1.06. The van der Waals surface area contributed by atoms with Gasteiger partial charge < -0.3 is 9.52 Å². The van der Waals surface area contributed by atoms with Crippen LogP contribution in [0.5, 0.6) is 5.75 Å². The maximum absolute atomic E-state index is 12.4. The van der Waals surface area contributed by atoms with Crippen LogP contribution in [0.2, 0.25) is 0 Å². The van der Waals surface area contributed by atoms with E-state index in [1.54, 1.807) is 30.3 Å². The number of furan rings is 1. The molecule has 1 aliphatic rings. The minimum atomic E-state index is -0.0640. The fourth-order valence-electron chi connectivity index (χ4n) is 2.63. The quantitative estimate of drug-likeness (QED) is 0.672. The lowest BCUT2D eigenvalue weighted by Gasteiger charge is -2.00. The van der Waals surface area contributed by atoms with Gasteiger partial charge in [0.1, 0.15) is 23.3 Å². The Morgan fingerprint density at radius 3 is 2.76 bits per heavy atom. The molecule has 1 aromatic heterocycles. The second-order valence-electron chi connectivity index (χ2n) is 5.48. The zero-order chi connectivity index (χ0) is 17.4. The van der Waals surface area contributed by atoms with Gasteiger partial charge in [-0.1, -0.05) is 23.9 Å². The number of nitrogens with zero attached hydrogens (tertiary/aromatic N) is 1. The predicted molar refractivity (Wildman–Crippen MR) is 95.1 cm³/mol. The summed E-state index contributed by atoms with van der Waals surface area (Å²) < 4.78 is 5.79. The van der Waals surface area contributed by atoms with Gasteiger partial charge in [0.25, 0.3) is 0 Å². The summed E-state index contributed by atoms with van der Waals surface area (Å²) in [6, 6.07) is 17.7. The van der Waals surface area contributed by atoms with Crippen molar-refractivity contribution >= 4 is 23.6 Å². The van der Waals surface area contributed by atoms with Crippen molar-refractivity contribution in [3.8, 4) is 23.1 Å². The number of phenols is 1. The van der Waals surface area contributed by atoms with E-state index in [1.807, 2.05) is 30.3 Å². The summed E-state index contributed by atoms with van der Waals surface area (Å²) in [6.45, 7) is 0. The molecular weight excluding hydrogens is 334 g/mol. The number of ketones is 1. The number of phenolic OH excluding ortho intramolecular Hbond substituents is 1. The van der Waals surface area contributed by atoms with Gasteiger partial charge in [0.2, 0.25) is 5.78 Å².